The van der Waals surface area contributed by atoms with Crippen LogP contribution in [0.4, 0.5) is 0 Å². The number of likely N-dealkylation sites (N-methyl/N-ethyl adjacent to an activating group) is 1. The number of furan rings is 1. The van der Waals surface area contributed by atoms with E-state index in [0.717, 1.165) is 16.3 Å². The largest absolute Gasteiger partial charge is 0.467 e. The highest BCUT2D eigenvalue weighted by molar-refractivity contribution is 5.91. The van der Waals surface area contributed by atoms with Crippen LogP contribution in [-0.2, 0) is 16.0 Å². The molecule has 1 unspecified atom stereocenters. The molecule has 3 rings (SSSR count). The molecule has 0 saturated carbocycles. The molecule has 0 radical (unpaired) electrons. The van der Waals surface area contributed by atoms with E-state index in [1.807, 2.05) is 55.5 Å². The Hall–Kier alpha value is -3.08. The van der Waals surface area contributed by atoms with Gasteiger partial charge < -0.3 is 14.6 Å². The molecule has 0 fully saturated rings. The summed E-state index contributed by atoms with van der Waals surface area (Å²) in [7, 11) is 1.70. The number of nitrogens with one attached hydrogen (secondary N) is 1. The zero-order valence-electron chi connectivity index (χ0n) is 14.9. The molecule has 5 heteroatoms. The van der Waals surface area contributed by atoms with E-state index in [1.165, 1.54) is 0 Å². The van der Waals surface area contributed by atoms with Gasteiger partial charge in [-0.15, -0.1) is 0 Å². The van der Waals surface area contributed by atoms with Gasteiger partial charge in [0, 0.05) is 7.05 Å². The first-order valence-corrected chi connectivity index (χ1v) is 8.58. The van der Waals surface area contributed by atoms with Crippen LogP contribution in [0.5, 0.6) is 0 Å². The van der Waals surface area contributed by atoms with Crippen molar-refractivity contribution in [3.63, 3.8) is 0 Å². The Kier molecular flexibility index (Phi) is 5.37. The first kappa shape index (κ1) is 17.7. The van der Waals surface area contributed by atoms with E-state index in [0.29, 0.717) is 5.76 Å². The van der Waals surface area contributed by atoms with Gasteiger partial charge in [-0.25, -0.2) is 0 Å². The maximum atomic E-state index is 12.3. The second-order valence-corrected chi connectivity index (χ2v) is 6.29. The van der Waals surface area contributed by atoms with Crippen molar-refractivity contribution in [2.75, 3.05) is 13.6 Å². The van der Waals surface area contributed by atoms with Crippen molar-refractivity contribution in [2.45, 2.75) is 19.4 Å². The number of hydrogen-bond donors (Lipinski definition) is 1. The minimum absolute atomic E-state index is 0.0366. The summed E-state index contributed by atoms with van der Waals surface area (Å²) in [6.07, 6.45) is 1.82. The van der Waals surface area contributed by atoms with Crippen LogP contribution in [0.25, 0.3) is 10.8 Å². The van der Waals surface area contributed by atoms with Crippen molar-refractivity contribution in [3.8, 4) is 0 Å². The molecule has 0 bridgehead atoms. The van der Waals surface area contributed by atoms with E-state index < -0.39 is 0 Å². The van der Waals surface area contributed by atoms with E-state index in [-0.39, 0.29) is 30.8 Å². The average Bonchev–Trinajstić information content (AvgIpc) is 3.20. The smallest absolute Gasteiger partial charge is 0.242 e. The number of carbonyl (C=O) groups is 2. The van der Waals surface area contributed by atoms with Crippen molar-refractivity contribution in [3.05, 3.63) is 72.2 Å². The molecule has 0 aliphatic heterocycles. The van der Waals surface area contributed by atoms with Crippen molar-refractivity contribution in [2.24, 2.45) is 0 Å². The number of benzene rings is 2. The monoisotopic (exact) mass is 350 g/mol. The summed E-state index contributed by atoms with van der Waals surface area (Å²) in [6, 6.07) is 17.3. The molecule has 0 aliphatic rings. The second-order valence-electron chi connectivity index (χ2n) is 6.29. The van der Waals surface area contributed by atoms with Gasteiger partial charge in [0.15, 0.2) is 0 Å². The quantitative estimate of drug-likeness (QED) is 0.742. The third-order valence-electron chi connectivity index (χ3n) is 4.60. The van der Waals surface area contributed by atoms with Gasteiger partial charge in [-0.05, 0) is 35.4 Å². The number of carbonyl (C=O) groups excluding carboxylic acids is 2. The van der Waals surface area contributed by atoms with Gasteiger partial charge in [0.2, 0.25) is 11.8 Å². The molecular weight excluding hydrogens is 328 g/mol. The zero-order chi connectivity index (χ0) is 18.5. The topological polar surface area (TPSA) is 62.6 Å². The molecule has 1 atom stereocenters. The van der Waals surface area contributed by atoms with E-state index in [1.54, 1.807) is 24.3 Å². The average molecular weight is 350 g/mol. The summed E-state index contributed by atoms with van der Waals surface area (Å²) >= 11 is 0. The summed E-state index contributed by atoms with van der Waals surface area (Å²) in [5, 5.41) is 4.87. The SMILES string of the molecule is CC(c1ccco1)N(C)C(=O)CNC(=O)Cc1cccc2ccccc12. The third-order valence-corrected chi connectivity index (χ3v) is 4.60. The Morgan fingerprint density at radius 1 is 1.08 bits per heavy atom. The molecule has 1 N–H and O–H groups in total. The number of hydrogen-bond acceptors (Lipinski definition) is 3. The Balaban J connectivity index is 1.57. The van der Waals surface area contributed by atoms with E-state index in [2.05, 4.69) is 5.32 Å². The maximum Gasteiger partial charge on any atom is 0.242 e. The number of fused-ring (bicyclic) bond motifs is 1. The Morgan fingerprint density at radius 2 is 1.85 bits per heavy atom. The van der Waals surface area contributed by atoms with Crippen LogP contribution < -0.4 is 5.32 Å². The Bertz CT molecular complexity index is 897. The van der Waals surface area contributed by atoms with Gasteiger partial charge in [0.25, 0.3) is 0 Å². The summed E-state index contributed by atoms with van der Waals surface area (Å²) < 4.78 is 5.33. The van der Waals surface area contributed by atoms with Crippen molar-refractivity contribution >= 4 is 22.6 Å². The normalized spacial score (nSPS) is 11.9. The molecule has 1 heterocycles. The highest BCUT2D eigenvalue weighted by Gasteiger charge is 2.19. The minimum atomic E-state index is -0.188. The molecule has 5 nitrogen and oxygen atoms in total. The first-order chi connectivity index (χ1) is 12.6. The van der Waals surface area contributed by atoms with Gasteiger partial charge in [0.1, 0.15) is 5.76 Å². The van der Waals surface area contributed by atoms with Crippen LogP contribution in [0.2, 0.25) is 0 Å². The lowest BCUT2D eigenvalue weighted by molar-refractivity contribution is -0.133. The zero-order valence-corrected chi connectivity index (χ0v) is 14.9. The molecule has 0 saturated heterocycles. The molecule has 2 amide bonds. The standard InChI is InChI=1S/C21H22N2O3/c1-15(19-11-6-12-26-19)23(2)21(25)14-22-20(24)13-17-9-5-8-16-7-3-4-10-18(16)17/h3-12,15H,13-14H2,1-2H3,(H,22,24). The summed E-state index contributed by atoms with van der Waals surface area (Å²) in [4.78, 5) is 26.2. The highest BCUT2D eigenvalue weighted by atomic mass is 16.3. The number of nitrogens with zero attached hydrogens (tertiary/aromatic N) is 1. The van der Waals surface area contributed by atoms with Crippen LogP contribution in [-0.4, -0.2) is 30.3 Å². The van der Waals surface area contributed by atoms with Crippen LogP contribution >= 0.6 is 0 Å². The lowest BCUT2D eigenvalue weighted by Gasteiger charge is -2.23. The van der Waals surface area contributed by atoms with Crippen molar-refractivity contribution < 1.29 is 14.0 Å². The molecular formula is C21H22N2O3. The van der Waals surface area contributed by atoms with Crippen molar-refractivity contribution in [1.82, 2.24) is 10.2 Å². The second kappa shape index (κ2) is 7.87. The fourth-order valence-electron chi connectivity index (χ4n) is 2.92. The van der Waals surface area contributed by atoms with Gasteiger partial charge in [0.05, 0.1) is 25.3 Å². The van der Waals surface area contributed by atoms with Crippen LogP contribution in [0.1, 0.15) is 24.3 Å². The highest BCUT2D eigenvalue weighted by Crippen LogP contribution is 2.20. The predicted octanol–water partition coefficient (Wildman–Crippen LogP) is 3.31. The van der Waals surface area contributed by atoms with Crippen LogP contribution in [0.3, 0.4) is 0 Å². The van der Waals surface area contributed by atoms with E-state index in [9.17, 15) is 9.59 Å². The third kappa shape index (κ3) is 3.94. The number of amides is 2. The van der Waals surface area contributed by atoms with Crippen LogP contribution in [0, 0.1) is 0 Å². The van der Waals surface area contributed by atoms with Gasteiger partial charge in [-0.3, -0.25) is 9.59 Å². The van der Waals surface area contributed by atoms with Gasteiger partial charge >= 0.3 is 0 Å². The Morgan fingerprint density at radius 3 is 2.62 bits per heavy atom. The molecule has 0 aliphatic carbocycles. The Labute approximate surface area is 152 Å². The van der Waals surface area contributed by atoms with Gasteiger partial charge in [-0.2, -0.15) is 0 Å². The van der Waals surface area contributed by atoms with E-state index >= 15 is 0 Å². The molecule has 1 aromatic heterocycles. The minimum Gasteiger partial charge on any atom is -0.467 e. The van der Waals surface area contributed by atoms with Gasteiger partial charge in [-0.1, -0.05) is 42.5 Å². The lowest BCUT2D eigenvalue weighted by Crippen LogP contribution is -2.39. The molecule has 26 heavy (non-hydrogen) atoms. The molecule has 0 spiro atoms. The van der Waals surface area contributed by atoms with Crippen molar-refractivity contribution in [1.29, 1.82) is 0 Å². The van der Waals surface area contributed by atoms with Crippen LogP contribution in [0.15, 0.2) is 65.3 Å². The molecule has 134 valence electrons. The summed E-state index contributed by atoms with van der Waals surface area (Å²) in [5.41, 5.74) is 0.949. The fraction of sp³-hybridized carbons (Fsp3) is 0.238. The van der Waals surface area contributed by atoms with E-state index in [4.69, 9.17) is 4.42 Å². The molecule has 2 aromatic carbocycles. The maximum absolute atomic E-state index is 12.3. The predicted molar refractivity (Wildman–Crippen MR) is 101 cm³/mol. The number of rotatable bonds is 6. The first-order valence-electron chi connectivity index (χ1n) is 8.58. The lowest BCUT2D eigenvalue weighted by atomic mass is 10.0. The fourth-order valence-corrected chi connectivity index (χ4v) is 2.92. The summed E-state index contributed by atoms with van der Waals surface area (Å²) in [6.45, 7) is 1.85. The molecule has 3 aromatic rings. The summed E-state index contributed by atoms with van der Waals surface area (Å²) in [5.74, 6) is 0.372.